The molecule has 1 unspecified atom stereocenters. The third-order valence-electron chi connectivity index (χ3n) is 6.17. The van der Waals surface area contributed by atoms with Crippen molar-refractivity contribution in [3.8, 4) is 6.07 Å². The Morgan fingerprint density at radius 1 is 1.15 bits per heavy atom. The Bertz CT molecular complexity index is 1530. The number of thiophene rings is 1. The Kier molecular flexibility index (Phi) is 7.21. The number of hydrogen-bond acceptors (Lipinski definition) is 8. The predicted octanol–water partition coefficient (Wildman–Crippen LogP) is 3.76. The molecule has 0 saturated carbocycles. The van der Waals surface area contributed by atoms with Crippen molar-refractivity contribution >= 4 is 27.0 Å². The number of nitrogens with one attached hydrogen (secondary N) is 1. The lowest BCUT2D eigenvalue weighted by atomic mass is 10.0. The molecule has 1 saturated heterocycles. The number of aliphatic hydroxyl groups is 1. The van der Waals surface area contributed by atoms with Crippen molar-refractivity contribution in [1.29, 1.82) is 5.26 Å². The summed E-state index contributed by atoms with van der Waals surface area (Å²) in [7, 11) is -4.40. The van der Waals surface area contributed by atoms with Crippen molar-refractivity contribution in [3.63, 3.8) is 0 Å². The van der Waals surface area contributed by atoms with E-state index in [-0.39, 0.29) is 48.0 Å². The van der Waals surface area contributed by atoms with Crippen LogP contribution in [0.5, 0.6) is 0 Å². The lowest BCUT2D eigenvalue weighted by Crippen LogP contribution is -2.54. The van der Waals surface area contributed by atoms with E-state index in [9.17, 15) is 39.9 Å². The molecule has 2 N–H and O–H groups in total. The Hall–Kier alpha value is -3.20. The van der Waals surface area contributed by atoms with Gasteiger partial charge in [-0.15, -0.1) is 11.3 Å². The third-order valence-corrected chi connectivity index (χ3v) is 9.85. The molecule has 39 heavy (non-hydrogen) atoms. The van der Waals surface area contributed by atoms with E-state index in [0.29, 0.717) is 6.07 Å². The summed E-state index contributed by atoms with van der Waals surface area (Å²) < 4.78 is 110. The molecule has 1 fully saturated rings. The minimum atomic E-state index is -5.29. The van der Waals surface area contributed by atoms with Gasteiger partial charge in [0.2, 0.25) is 0 Å². The molecule has 9 nitrogen and oxygen atoms in total. The predicted molar refractivity (Wildman–Crippen MR) is 126 cm³/mol. The molecule has 0 bridgehead atoms. The first kappa shape index (κ1) is 28.8. The van der Waals surface area contributed by atoms with Gasteiger partial charge in [0, 0.05) is 31.4 Å². The van der Waals surface area contributed by atoms with E-state index in [1.54, 1.807) is 6.07 Å². The topological polar surface area (TPSA) is 126 Å². The van der Waals surface area contributed by atoms with Crippen molar-refractivity contribution < 1.29 is 39.9 Å². The quantitative estimate of drug-likeness (QED) is 0.431. The van der Waals surface area contributed by atoms with E-state index in [1.165, 1.54) is 24.8 Å². The van der Waals surface area contributed by atoms with E-state index >= 15 is 0 Å². The molecule has 2 aromatic heterocycles. The van der Waals surface area contributed by atoms with Gasteiger partial charge in [0.1, 0.15) is 10.0 Å². The monoisotopic (exact) mass is 594 g/mol. The molecule has 4 rings (SSSR count). The summed E-state index contributed by atoms with van der Waals surface area (Å²) in [5.74, 6) is -0.997. The normalized spacial score (nSPS) is 19.1. The lowest BCUT2D eigenvalue weighted by molar-refractivity contribution is -0.249. The standard InChI is InChI=1S/C22H20F6N6O3S2/c1-12-11-33(16-4-3-14(10-29)9-15(16)21(23,24)25)7-8-34(12)39(36,37)18-6-5-17(38-18)20(35,22(26,27)28)19-30-13(2)31-32-19/h3-6,9,12,35H,7-8,11H2,1-2H3,(H,30,31,32)/t12-,20?/m1/s1. The van der Waals surface area contributed by atoms with Crippen LogP contribution >= 0.6 is 11.3 Å². The van der Waals surface area contributed by atoms with Crippen molar-refractivity contribution in [2.75, 3.05) is 24.5 Å². The second-order valence-electron chi connectivity index (χ2n) is 8.82. The van der Waals surface area contributed by atoms with Crippen LogP contribution < -0.4 is 4.90 Å². The second kappa shape index (κ2) is 9.77. The number of rotatable bonds is 5. The highest BCUT2D eigenvalue weighted by Crippen LogP contribution is 2.46. The van der Waals surface area contributed by atoms with Crippen LogP contribution in [0.15, 0.2) is 34.5 Å². The Morgan fingerprint density at radius 3 is 2.38 bits per heavy atom. The molecule has 17 heteroatoms. The summed E-state index contributed by atoms with van der Waals surface area (Å²) in [5.41, 5.74) is -5.13. The second-order valence-corrected chi connectivity index (χ2v) is 12.0. The van der Waals surface area contributed by atoms with Gasteiger partial charge in [-0.05, 0) is 44.2 Å². The van der Waals surface area contributed by atoms with E-state index in [4.69, 9.17) is 5.26 Å². The molecule has 1 aliphatic heterocycles. The average Bonchev–Trinajstić information content (AvgIpc) is 3.52. The summed E-state index contributed by atoms with van der Waals surface area (Å²) in [5, 5.41) is 25.3. The fourth-order valence-corrected chi connectivity index (χ4v) is 7.43. The molecule has 3 aromatic rings. The van der Waals surface area contributed by atoms with Crippen molar-refractivity contribution in [3.05, 3.63) is 58.0 Å². The number of sulfonamides is 1. The number of nitriles is 1. The number of aromatic amines is 1. The maximum atomic E-state index is 14.0. The first-order valence-electron chi connectivity index (χ1n) is 11.2. The Labute approximate surface area is 222 Å². The highest BCUT2D eigenvalue weighted by molar-refractivity contribution is 7.91. The number of hydrogen-bond donors (Lipinski definition) is 2. The minimum absolute atomic E-state index is 0.000263. The first-order chi connectivity index (χ1) is 18.0. The number of aryl methyl sites for hydroxylation is 1. The number of nitrogens with zero attached hydrogens (tertiary/aromatic N) is 5. The van der Waals surface area contributed by atoms with Crippen molar-refractivity contribution in [1.82, 2.24) is 19.5 Å². The Morgan fingerprint density at radius 2 is 1.85 bits per heavy atom. The molecule has 1 aliphatic rings. The molecule has 0 amide bonds. The number of aromatic nitrogens is 3. The average molecular weight is 595 g/mol. The zero-order valence-electron chi connectivity index (χ0n) is 20.2. The van der Waals surface area contributed by atoms with Crippen LogP contribution in [-0.4, -0.2) is 64.9 Å². The van der Waals surface area contributed by atoms with Crippen LogP contribution in [0.3, 0.4) is 0 Å². The van der Waals surface area contributed by atoms with Gasteiger partial charge in [-0.3, -0.25) is 5.10 Å². The number of benzene rings is 1. The highest BCUT2D eigenvalue weighted by Gasteiger charge is 2.60. The van der Waals surface area contributed by atoms with Crippen LogP contribution in [0.4, 0.5) is 32.0 Å². The molecular formula is C22H20F6N6O3S2. The first-order valence-corrected chi connectivity index (χ1v) is 13.4. The molecule has 0 radical (unpaired) electrons. The van der Waals surface area contributed by atoms with Gasteiger partial charge in [0.15, 0.2) is 5.82 Å². The summed E-state index contributed by atoms with van der Waals surface area (Å²) >= 11 is 0.194. The van der Waals surface area contributed by atoms with Gasteiger partial charge in [-0.1, -0.05) is 0 Å². The number of piperazine rings is 1. The lowest BCUT2D eigenvalue weighted by Gasteiger charge is -2.40. The van der Waals surface area contributed by atoms with Crippen molar-refractivity contribution in [2.24, 2.45) is 0 Å². The van der Waals surface area contributed by atoms with Crippen LogP contribution in [0.25, 0.3) is 0 Å². The maximum Gasteiger partial charge on any atom is 0.429 e. The molecule has 2 atom stereocenters. The number of alkyl halides is 6. The molecule has 0 aliphatic carbocycles. The number of H-pyrrole nitrogens is 1. The zero-order valence-corrected chi connectivity index (χ0v) is 21.8. The Balaban J connectivity index is 1.62. The van der Waals surface area contributed by atoms with Gasteiger partial charge >= 0.3 is 12.4 Å². The van der Waals surface area contributed by atoms with Crippen LogP contribution in [-0.2, 0) is 21.8 Å². The summed E-state index contributed by atoms with van der Waals surface area (Å²) in [6.07, 6.45) is -10.1. The van der Waals surface area contributed by atoms with E-state index < -0.39 is 54.5 Å². The van der Waals surface area contributed by atoms with E-state index in [0.717, 1.165) is 22.5 Å². The van der Waals surface area contributed by atoms with E-state index in [2.05, 4.69) is 15.2 Å². The number of halogens is 6. The molecule has 210 valence electrons. The summed E-state index contributed by atoms with van der Waals surface area (Å²) in [6, 6.07) is 5.62. The van der Waals surface area contributed by atoms with Crippen LogP contribution in [0, 0.1) is 18.3 Å². The maximum absolute atomic E-state index is 14.0. The SMILES string of the molecule is Cc1nc(C(O)(c2ccc(S(=O)(=O)N3CCN(c4ccc(C#N)cc4C(F)(F)F)C[C@H]3C)s2)C(F)(F)F)n[nH]1. The molecular weight excluding hydrogens is 574 g/mol. The van der Waals surface area contributed by atoms with Gasteiger partial charge in [0.25, 0.3) is 15.6 Å². The molecule has 3 heterocycles. The molecule has 1 aromatic carbocycles. The smallest absolute Gasteiger partial charge is 0.369 e. The highest BCUT2D eigenvalue weighted by atomic mass is 32.2. The van der Waals surface area contributed by atoms with Gasteiger partial charge < -0.3 is 10.0 Å². The largest absolute Gasteiger partial charge is 0.429 e. The van der Waals surface area contributed by atoms with Crippen molar-refractivity contribution in [2.45, 2.75) is 42.1 Å². The van der Waals surface area contributed by atoms with Gasteiger partial charge in [-0.25, -0.2) is 13.4 Å². The molecule has 0 spiro atoms. The summed E-state index contributed by atoms with van der Waals surface area (Å²) in [4.78, 5) is 4.15. The van der Waals surface area contributed by atoms with Gasteiger partial charge in [0.05, 0.1) is 22.1 Å². The fraction of sp³-hybridized carbons (Fsp3) is 0.409. The van der Waals surface area contributed by atoms with Crippen LogP contribution in [0.2, 0.25) is 0 Å². The number of anilines is 1. The van der Waals surface area contributed by atoms with Gasteiger partial charge in [-0.2, -0.15) is 41.0 Å². The fourth-order valence-electron chi connectivity index (χ4n) is 4.28. The van der Waals surface area contributed by atoms with Crippen LogP contribution in [0.1, 0.15) is 34.6 Å². The zero-order chi connectivity index (χ0) is 29.0. The van der Waals surface area contributed by atoms with E-state index in [1.807, 2.05) is 0 Å². The summed E-state index contributed by atoms with van der Waals surface area (Å²) in [6.45, 7) is 2.21. The third kappa shape index (κ3) is 5.09. The minimum Gasteiger partial charge on any atom is -0.369 e.